The van der Waals surface area contributed by atoms with Gasteiger partial charge in [0.05, 0.1) is 22.2 Å². The van der Waals surface area contributed by atoms with Crippen molar-refractivity contribution < 1.29 is 13.2 Å². The maximum absolute atomic E-state index is 13.0. The Morgan fingerprint density at radius 3 is 2.54 bits per heavy atom. The van der Waals surface area contributed by atoms with Crippen molar-refractivity contribution in [3.05, 3.63) is 28.3 Å². The summed E-state index contributed by atoms with van der Waals surface area (Å²) in [7, 11) is 0. The zero-order chi connectivity index (χ0) is 10.0. The topological polar surface area (TPSA) is 12.9 Å². The van der Waals surface area contributed by atoms with E-state index < -0.39 is 22.8 Å². The first-order valence-electron chi connectivity index (χ1n) is 3.24. The van der Waals surface area contributed by atoms with E-state index in [2.05, 4.69) is 4.98 Å². The van der Waals surface area contributed by atoms with Crippen LogP contribution in [0, 0.1) is 5.82 Å². The summed E-state index contributed by atoms with van der Waals surface area (Å²) in [5, 5.41) is -0.437. The van der Waals surface area contributed by atoms with Crippen molar-refractivity contribution in [2.24, 2.45) is 0 Å². The highest BCUT2D eigenvalue weighted by Crippen LogP contribution is 2.28. The van der Waals surface area contributed by atoms with Crippen LogP contribution >= 0.6 is 23.2 Å². The van der Waals surface area contributed by atoms with Crippen LogP contribution < -0.4 is 0 Å². The number of hydrogen-bond acceptors (Lipinski definition) is 1. The molecule has 1 aromatic heterocycles. The van der Waals surface area contributed by atoms with E-state index in [4.69, 9.17) is 23.2 Å². The molecule has 72 valence electrons. The number of hydrogen-bond donors (Lipinski definition) is 0. The fourth-order valence-electron chi connectivity index (χ4n) is 0.760. The minimum atomic E-state index is -2.92. The molecule has 0 spiro atoms. The van der Waals surface area contributed by atoms with Crippen molar-refractivity contribution in [2.75, 3.05) is 0 Å². The van der Waals surface area contributed by atoms with Crippen LogP contribution in [0.4, 0.5) is 13.2 Å². The summed E-state index contributed by atoms with van der Waals surface area (Å²) in [5.74, 6) is -1.26. The number of nitrogens with zero attached hydrogens (tertiary/aromatic N) is 1. The van der Waals surface area contributed by atoms with E-state index in [-0.39, 0.29) is 11.6 Å². The van der Waals surface area contributed by atoms with E-state index in [1.165, 1.54) is 0 Å². The average Bonchev–Trinajstić information content (AvgIpc) is 2.09. The highest BCUT2D eigenvalue weighted by Gasteiger charge is 2.18. The number of aromatic nitrogens is 1. The highest BCUT2D eigenvalue weighted by atomic mass is 35.5. The maximum Gasteiger partial charge on any atom is 0.268 e. The van der Waals surface area contributed by atoms with E-state index in [1.807, 2.05) is 0 Å². The largest absolute Gasteiger partial charge is 0.268 e. The fourth-order valence-corrected chi connectivity index (χ4v) is 1.26. The third-order valence-electron chi connectivity index (χ3n) is 1.42. The molecule has 0 unspecified atom stereocenters. The Balaban J connectivity index is 3.23. The second-order valence-corrected chi connectivity index (χ2v) is 2.87. The van der Waals surface area contributed by atoms with Crippen LogP contribution in [0.2, 0.25) is 5.02 Å². The molecule has 1 heterocycles. The molecule has 0 aliphatic heterocycles. The molecule has 1 aromatic rings. The molecule has 0 bridgehead atoms. The molecule has 0 amide bonds. The third kappa shape index (κ3) is 2.06. The first-order valence-corrected chi connectivity index (χ1v) is 4.16. The summed E-state index contributed by atoms with van der Waals surface area (Å²) in [6, 6.07) is 0. The number of alkyl halides is 3. The van der Waals surface area contributed by atoms with Crippen LogP contribution in [-0.4, -0.2) is 4.98 Å². The minimum Gasteiger partial charge on any atom is -0.258 e. The summed E-state index contributed by atoms with van der Waals surface area (Å²) >= 11 is 10.7. The molecular formula is C7H4Cl2F3N. The Labute approximate surface area is 82.5 Å². The first-order chi connectivity index (χ1) is 6.07. The first kappa shape index (κ1) is 10.6. The number of pyridine rings is 1. The van der Waals surface area contributed by atoms with Crippen LogP contribution in [-0.2, 0) is 5.88 Å². The third-order valence-corrected chi connectivity index (χ3v) is 2.06. The van der Waals surface area contributed by atoms with Crippen LogP contribution in [0.5, 0.6) is 0 Å². The van der Waals surface area contributed by atoms with Gasteiger partial charge >= 0.3 is 0 Å². The molecule has 0 aliphatic rings. The Hall–Kier alpha value is -0.480. The van der Waals surface area contributed by atoms with Crippen molar-refractivity contribution in [3.63, 3.8) is 0 Å². The highest BCUT2D eigenvalue weighted by molar-refractivity contribution is 6.32. The molecule has 0 aliphatic carbocycles. The predicted octanol–water partition coefficient (Wildman–Crippen LogP) is 3.55. The van der Waals surface area contributed by atoms with Crippen molar-refractivity contribution in [2.45, 2.75) is 12.3 Å². The second-order valence-electron chi connectivity index (χ2n) is 2.22. The van der Waals surface area contributed by atoms with Gasteiger partial charge in [0.2, 0.25) is 0 Å². The molecule has 0 fully saturated rings. The molecule has 0 saturated heterocycles. The van der Waals surface area contributed by atoms with Crippen molar-refractivity contribution in [1.82, 2.24) is 4.98 Å². The van der Waals surface area contributed by atoms with Gasteiger partial charge in [0.15, 0.2) is 5.82 Å². The Bertz CT molecular complexity index is 317. The molecule has 0 aromatic carbocycles. The molecule has 1 nitrogen and oxygen atoms in total. The van der Waals surface area contributed by atoms with Crippen LogP contribution in [0.15, 0.2) is 6.20 Å². The minimum absolute atomic E-state index is 0.0604. The lowest BCUT2D eigenvalue weighted by Gasteiger charge is -2.05. The van der Waals surface area contributed by atoms with Gasteiger partial charge in [0.25, 0.3) is 6.43 Å². The molecule has 0 radical (unpaired) electrons. The maximum atomic E-state index is 13.0. The Kier molecular flexibility index (Phi) is 3.39. The standard InChI is InChI=1S/C7H4Cl2F3N/c8-1-4-5(9)6(10)3(2-13-4)7(11)12/h2,7H,1H2. The van der Waals surface area contributed by atoms with Crippen molar-refractivity contribution in [1.29, 1.82) is 0 Å². The number of rotatable bonds is 2. The second kappa shape index (κ2) is 4.15. The van der Waals surface area contributed by atoms with Crippen molar-refractivity contribution >= 4 is 23.2 Å². The summed E-state index contributed by atoms with van der Waals surface area (Å²) in [5.41, 5.74) is -0.746. The zero-order valence-corrected chi connectivity index (χ0v) is 7.71. The lowest BCUT2D eigenvalue weighted by molar-refractivity contribution is 0.146. The van der Waals surface area contributed by atoms with Gasteiger partial charge in [-0.25, -0.2) is 13.2 Å². The Morgan fingerprint density at radius 1 is 1.46 bits per heavy atom. The van der Waals surface area contributed by atoms with Gasteiger partial charge in [0, 0.05) is 6.20 Å². The average molecular weight is 230 g/mol. The van der Waals surface area contributed by atoms with Gasteiger partial charge in [-0.05, 0) is 0 Å². The van der Waals surface area contributed by atoms with Gasteiger partial charge in [-0.3, -0.25) is 4.98 Å². The SMILES string of the molecule is Fc1c(C(F)F)cnc(CCl)c1Cl. The lowest BCUT2D eigenvalue weighted by Crippen LogP contribution is -1.98. The van der Waals surface area contributed by atoms with Crippen LogP contribution in [0.1, 0.15) is 17.7 Å². The van der Waals surface area contributed by atoms with E-state index in [0.29, 0.717) is 0 Å². The van der Waals surface area contributed by atoms with Gasteiger partial charge in [-0.15, -0.1) is 11.6 Å². The van der Waals surface area contributed by atoms with Gasteiger partial charge in [-0.2, -0.15) is 0 Å². The summed E-state index contributed by atoms with van der Waals surface area (Å²) in [4.78, 5) is 3.49. The smallest absolute Gasteiger partial charge is 0.258 e. The summed E-state index contributed by atoms with van der Waals surface area (Å²) < 4.78 is 37.1. The lowest BCUT2D eigenvalue weighted by atomic mass is 10.2. The van der Waals surface area contributed by atoms with E-state index in [0.717, 1.165) is 6.20 Å². The van der Waals surface area contributed by atoms with E-state index in [1.54, 1.807) is 0 Å². The van der Waals surface area contributed by atoms with Crippen molar-refractivity contribution in [3.8, 4) is 0 Å². The van der Waals surface area contributed by atoms with Crippen LogP contribution in [0.25, 0.3) is 0 Å². The van der Waals surface area contributed by atoms with Gasteiger partial charge < -0.3 is 0 Å². The number of halogens is 5. The fraction of sp³-hybridized carbons (Fsp3) is 0.286. The van der Waals surface area contributed by atoms with Gasteiger partial charge in [0.1, 0.15) is 0 Å². The quantitative estimate of drug-likeness (QED) is 0.708. The molecule has 0 N–H and O–H groups in total. The molecule has 0 saturated carbocycles. The normalized spacial score (nSPS) is 10.9. The summed E-state index contributed by atoms with van der Waals surface area (Å²) in [6.07, 6.45) is -2.18. The molecular weight excluding hydrogens is 226 g/mol. The zero-order valence-electron chi connectivity index (χ0n) is 6.20. The summed E-state index contributed by atoms with van der Waals surface area (Å²) in [6.45, 7) is 0. The predicted molar refractivity (Wildman–Crippen MR) is 43.7 cm³/mol. The van der Waals surface area contributed by atoms with E-state index in [9.17, 15) is 13.2 Å². The van der Waals surface area contributed by atoms with Crippen LogP contribution in [0.3, 0.4) is 0 Å². The van der Waals surface area contributed by atoms with E-state index >= 15 is 0 Å². The molecule has 0 atom stereocenters. The Morgan fingerprint density at radius 2 is 2.08 bits per heavy atom. The van der Waals surface area contributed by atoms with Gasteiger partial charge in [-0.1, -0.05) is 11.6 Å². The molecule has 13 heavy (non-hydrogen) atoms. The molecule has 6 heteroatoms. The molecule has 1 rings (SSSR count). The monoisotopic (exact) mass is 229 g/mol.